The number of anilines is 1. The maximum Gasteiger partial charge on any atom is 0.162 e. The largest absolute Gasteiger partial charge is 0.377 e. The smallest absolute Gasteiger partial charge is 0.162 e. The van der Waals surface area contributed by atoms with Crippen molar-refractivity contribution in [3.05, 3.63) is 36.3 Å². The van der Waals surface area contributed by atoms with Crippen LogP contribution >= 0.6 is 0 Å². The average Bonchev–Trinajstić information content (AvgIpc) is 3.09. The Morgan fingerprint density at radius 2 is 2.08 bits per heavy atom. The van der Waals surface area contributed by atoms with E-state index in [0.717, 1.165) is 53.7 Å². The number of fused-ring (bicyclic) bond motifs is 1. The summed E-state index contributed by atoms with van der Waals surface area (Å²) in [7, 11) is 0. The number of aromatic amines is 1. The molecule has 1 fully saturated rings. The number of nitrogens with one attached hydrogen (secondary N) is 1. The second-order valence-electron chi connectivity index (χ2n) is 7.90. The van der Waals surface area contributed by atoms with Gasteiger partial charge in [-0.15, -0.1) is 0 Å². The molecule has 0 aromatic carbocycles. The van der Waals surface area contributed by atoms with Crippen LogP contribution in [0.2, 0.25) is 0 Å². The summed E-state index contributed by atoms with van der Waals surface area (Å²) in [5.74, 6) is 1.72. The van der Waals surface area contributed by atoms with Gasteiger partial charge in [-0.05, 0) is 19.1 Å². The van der Waals surface area contributed by atoms with Gasteiger partial charge in [-0.25, -0.2) is 15.0 Å². The fourth-order valence-corrected chi connectivity index (χ4v) is 3.31. The van der Waals surface area contributed by atoms with E-state index in [1.54, 1.807) is 6.20 Å². The van der Waals surface area contributed by atoms with E-state index in [1.807, 2.05) is 18.3 Å². The lowest BCUT2D eigenvalue weighted by atomic mass is 9.91. The first-order valence-corrected chi connectivity index (χ1v) is 9.10. The van der Waals surface area contributed by atoms with E-state index in [0.29, 0.717) is 6.04 Å². The molecule has 3 aromatic heterocycles. The molecule has 0 aliphatic carbocycles. The zero-order valence-electron chi connectivity index (χ0n) is 15.8. The van der Waals surface area contributed by atoms with Crippen LogP contribution in [-0.4, -0.2) is 45.7 Å². The summed E-state index contributed by atoms with van der Waals surface area (Å²) in [6.45, 7) is 11.0. The number of pyridine rings is 1. The molecule has 1 aliphatic heterocycles. The molecule has 0 spiro atoms. The van der Waals surface area contributed by atoms with Gasteiger partial charge in [0.1, 0.15) is 11.5 Å². The van der Waals surface area contributed by atoms with Crippen LogP contribution in [0, 0.1) is 0 Å². The van der Waals surface area contributed by atoms with Crippen molar-refractivity contribution in [1.29, 1.82) is 0 Å². The van der Waals surface area contributed by atoms with Gasteiger partial charge < -0.3 is 14.6 Å². The number of rotatable bonds is 2. The molecule has 1 aliphatic rings. The second kappa shape index (κ2) is 6.36. The highest BCUT2D eigenvalue weighted by Crippen LogP contribution is 2.31. The number of H-pyrrole nitrogens is 1. The van der Waals surface area contributed by atoms with Crippen LogP contribution in [0.4, 0.5) is 5.82 Å². The van der Waals surface area contributed by atoms with Gasteiger partial charge in [0.15, 0.2) is 5.82 Å². The van der Waals surface area contributed by atoms with E-state index in [9.17, 15) is 0 Å². The van der Waals surface area contributed by atoms with Gasteiger partial charge in [-0.2, -0.15) is 0 Å². The zero-order valence-corrected chi connectivity index (χ0v) is 15.8. The van der Waals surface area contributed by atoms with E-state index in [1.165, 1.54) is 0 Å². The van der Waals surface area contributed by atoms with E-state index < -0.39 is 0 Å². The molecule has 0 amide bonds. The number of ether oxygens (including phenoxy) is 1. The van der Waals surface area contributed by atoms with Crippen LogP contribution in [0.25, 0.3) is 22.4 Å². The standard InChI is InChI=1S/C20H25N5O/c1-13-12-26-10-9-25(13)17-11-16(20(2,3)4)23-19(24-17)15-6-8-22-18-14(15)5-7-21-18/h5-8,11,13H,9-10,12H2,1-4H3,(H,21,22)/t13-/m1/s1. The molecule has 1 atom stereocenters. The van der Waals surface area contributed by atoms with E-state index in [-0.39, 0.29) is 5.41 Å². The Balaban J connectivity index is 1.89. The van der Waals surface area contributed by atoms with Gasteiger partial charge in [0.25, 0.3) is 0 Å². The summed E-state index contributed by atoms with van der Waals surface area (Å²) in [4.78, 5) is 19.7. The minimum Gasteiger partial charge on any atom is -0.377 e. The first-order chi connectivity index (χ1) is 12.4. The Morgan fingerprint density at radius 3 is 2.85 bits per heavy atom. The van der Waals surface area contributed by atoms with Crippen LogP contribution in [-0.2, 0) is 10.2 Å². The molecule has 26 heavy (non-hydrogen) atoms. The lowest BCUT2D eigenvalue weighted by Gasteiger charge is -2.35. The third kappa shape index (κ3) is 3.05. The highest BCUT2D eigenvalue weighted by molar-refractivity contribution is 5.91. The lowest BCUT2D eigenvalue weighted by Crippen LogP contribution is -2.44. The van der Waals surface area contributed by atoms with Crippen molar-refractivity contribution < 1.29 is 4.74 Å². The summed E-state index contributed by atoms with van der Waals surface area (Å²) >= 11 is 0. The highest BCUT2D eigenvalue weighted by Gasteiger charge is 2.25. The topological polar surface area (TPSA) is 66.9 Å². The van der Waals surface area contributed by atoms with Crippen molar-refractivity contribution in [3.63, 3.8) is 0 Å². The van der Waals surface area contributed by atoms with Crippen LogP contribution < -0.4 is 4.90 Å². The average molecular weight is 351 g/mol. The number of nitrogens with zero attached hydrogens (tertiary/aromatic N) is 4. The number of morpholine rings is 1. The predicted molar refractivity (Wildman–Crippen MR) is 103 cm³/mol. The van der Waals surface area contributed by atoms with E-state index in [2.05, 4.69) is 48.6 Å². The van der Waals surface area contributed by atoms with Crippen molar-refractivity contribution >= 4 is 16.9 Å². The third-order valence-corrected chi connectivity index (χ3v) is 4.84. The monoisotopic (exact) mass is 351 g/mol. The first-order valence-electron chi connectivity index (χ1n) is 9.10. The summed E-state index contributed by atoms with van der Waals surface area (Å²) in [6, 6.07) is 6.44. The van der Waals surface area contributed by atoms with Crippen molar-refractivity contribution in [2.45, 2.75) is 39.2 Å². The van der Waals surface area contributed by atoms with Gasteiger partial charge in [0.05, 0.1) is 24.9 Å². The molecular formula is C20H25N5O. The van der Waals surface area contributed by atoms with Crippen LogP contribution in [0.5, 0.6) is 0 Å². The lowest BCUT2D eigenvalue weighted by molar-refractivity contribution is 0.0985. The highest BCUT2D eigenvalue weighted by atomic mass is 16.5. The van der Waals surface area contributed by atoms with Gasteiger partial charge in [-0.1, -0.05) is 20.8 Å². The summed E-state index contributed by atoms with van der Waals surface area (Å²) in [5.41, 5.74) is 2.83. The Labute approximate surface area is 153 Å². The van der Waals surface area contributed by atoms with Crippen molar-refractivity contribution in [3.8, 4) is 11.4 Å². The van der Waals surface area contributed by atoms with Crippen molar-refractivity contribution in [2.24, 2.45) is 0 Å². The van der Waals surface area contributed by atoms with Crippen molar-refractivity contribution in [2.75, 3.05) is 24.7 Å². The molecule has 4 heterocycles. The minimum absolute atomic E-state index is 0.0632. The van der Waals surface area contributed by atoms with E-state index >= 15 is 0 Å². The van der Waals surface area contributed by atoms with Gasteiger partial charge in [0, 0.05) is 41.4 Å². The summed E-state index contributed by atoms with van der Waals surface area (Å²) in [5, 5.41) is 1.04. The third-order valence-electron chi connectivity index (χ3n) is 4.84. The molecule has 0 saturated carbocycles. The number of hydrogen-bond acceptors (Lipinski definition) is 5. The first kappa shape index (κ1) is 17.0. The Bertz CT molecular complexity index is 927. The molecule has 0 bridgehead atoms. The fraction of sp³-hybridized carbons (Fsp3) is 0.450. The molecule has 1 N–H and O–H groups in total. The molecule has 6 heteroatoms. The summed E-state index contributed by atoms with van der Waals surface area (Å²) in [6.07, 6.45) is 3.71. The molecule has 0 radical (unpaired) electrons. The zero-order chi connectivity index (χ0) is 18.3. The maximum atomic E-state index is 5.60. The van der Waals surface area contributed by atoms with Crippen LogP contribution in [0.15, 0.2) is 30.6 Å². The molecular weight excluding hydrogens is 326 g/mol. The van der Waals surface area contributed by atoms with Gasteiger partial charge >= 0.3 is 0 Å². The minimum atomic E-state index is -0.0632. The Kier molecular flexibility index (Phi) is 4.15. The fourth-order valence-electron chi connectivity index (χ4n) is 3.31. The van der Waals surface area contributed by atoms with E-state index in [4.69, 9.17) is 14.7 Å². The van der Waals surface area contributed by atoms with Crippen LogP contribution in [0.3, 0.4) is 0 Å². The second-order valence-corrected chi connectivity index (χ2v) is 7.90. The van der Waals surface area contributed by atoms with Gasteiger partial charge in [0.2, 0.25) is 0 Å². The Morgan fingerprint density at radius 1 is 1.23 bits per heavy atom. The Hall–Kier alpha value is -2.47. The molecule has 6 nitrogen and oxygen atoms in total. The molecule has 4 rings (SSSR count). The normalized spacial score (nSPS) is 18.5. The molecule has 3 aromatic rings. The molecule has 0 unspecified atom stereocenters. The van der Waals surface area contributed by atoms with Crippen LogP contribution in [0.1, 0.15) is 33.4 Å². The summed E-state index contributed by atoms with van der Waals surface area (Å²) < 4.78 is 5.60. The van der Waals surface area contributed by atoms with Crippen molar-refractivity contribution in [1.82, 2.24) is 19.9 Å². The number of aromatic nitrogens is 4. The van der Waals surface area contributed by atoms with Gasteiger partial charge in [-0.3, -0.25) is 0 Å². The maximum absolute atomic E-state index is 5.60. The number of hydrogen-bond donors (Lipinski definition) is 1. The molecule has 1 saturated heterocycles. The predicted octanol–water partition coefficient (Wildman–Crippen LogP) is 3.54. The quantitative estimate of drug-likeness (QED) is 0.765. The SMILES string of the molecule is C[C@@H]1COCCN1c1cc(C(C)(C)C)nc(-c2ccnc3[nH]ccc23)n1. The molecule has 136 valence electrons.